The second-order valence-electron chi connectivity index (χ2n) is 6.38. The van der Waals surface area contributed by atoms with Gasteiger partial charge in [-0.3, -0.25) is 14.3 Å². The van der Waals surface area contributed by atoms with E-state index in [9.17, 15) is 9.59 Å². The number of aromatic nitrogens is 2. The molecule has 1 atom stereocenters. The van der Waals surface area contributed by atoms with Crippen molar-refractivity contribution in [1.29, 1.82) is 0 Å². The van der Waals surface area contributed by atoms with Crippen LogP contribution in [0.5, 0.6) is 0 Å². The first-order chi connectivity index (χ1) is 11.1. The maximum absolute atomic E-state index is 12.3. The SMILES string of the molecule is COC1CCCCN(CC(=O)Nc2cc(C3CC3)n(C)n2)C1=O. The van der Waals surface area contributed by atoms with Crippen LogP contribution in [0.25, 0.3) is 0 Å². The van der Waals surface area contributed by atoms with Crippen LogP contribution in [-0.4, -0.2) is 52.8 Å². The molecule has 2 aliphatic rings. The molecule has 1 aliphatic carbocycles. The van der Waals surface area contributed by atoms with Gasteiger partial charge in [-0.05, 0) is 32.1 Å². The summed E-state index contributed by atoms with van der Waals surface area (Å²) in [5.41, 5.74) is 1.16. The highest BCUT2D eigenvalue weighted by Gasteiger charge is 2.29. The Kier molecular flexibility index (Phi) is 4.66. The number of hydrogen-bond donors (Lipinski definition) is 1. The molecule has 7 heteroatoms. The molecular formula is C16H24N4O3. The molecule has 1 unspecified atom stereocenters. The number of methoxy groups -OCH3 is 1. The maximum atomic E-state index is 12.3. The molecular weight excluding hydrogens is 296 g/mol. The molecule has 0 aromatic carbocycles. The zero-order valence-corrected chi connectivity index (χ0v) is 13.7. The third-order valence-corrected chi connectivity index (χ3v) is 4.53. The number of nitrogens with one attached hydrogen (secondary N) is 1. The Bertz CT molecular complexity index is 594. The van der Waals surface area contributed by atoms with Crippen LogP contribution in [0.1, 0.15) is 43.7 Å². The van der Waals surface area contributed by atoms with E-state index in [1.165, 1.54) is 12.8 Å². The van der Waals surface area contributed by atoms with Gasteiger partial charge in [0.15, 0.2) is 5.82 Å². The highest BCUT2D eigenvalue weighted by molar-refractivity contribution is 5.94. The molecule has 1 aromatic heterocycles. The minimum absolute atomic E-state index is 0.0496. The number of rotatable bonds is 5. The van der Waals surface area contributed by atoms with E-state index in [-0.39, 0.29) is 18.4 Å². The Hall–Kier alpha value is -1.89. The second-order valence-corrected chi connectivity index (χ2v) is 6.38. The lowest BCUT2D eigenvalue weighted by Gasteiger charge is -2.22. The van der Waals surface area contributed by atoms with Gasteiger partial charge in [-0.1, -0.05) is 0 Å². The first-order valence-electron chi connectivity index (χ1n) is 8.24. The molecule has 2 fully saturated rings. The molecule has 23 heavy (non-hydrogen) atoms. The van der Waals surface area contributed by atoms with Gasteiger partial charge in [0.1, 0.15) is 6.10 Å². The first kappa shape index (κ1) is 16.0. The quantitative estimate of drug-likeness (QED) is 0.886. The molecule has 0 bridgehead atoms. The number of amides is 2. The molecule has 3 rings (SSSR count). The van der Waals surface area contributed by atoms with Crippen molar-refractivity contribution in [2.75, 3.05) is 25.5 Å². The molecule has 1 N–H and O–H groups in total. The minimum Gasteiger partial charge on any atom is -0.372 e. The summed E-state index contributed by atoms with van der Waals surface area (Å²) >= 11 is 0. The normalized spacial score (nSPS) is 22.1. The Morgan fingerprint density at radius 3 is 2.87 bits per heavy atom. The van der Waals surface area contributed by atoms with Gasteiger partial charge in [0, 0.05) is 38.4 Å². The van der Waals surface area contributed by atoms with Crippen molar-refractivity contribution in [3.05, 3.63) is 11.8 Å². The Labute approximate surface area is 136 Å². The van der Waals surface area contributed by atoms with Gasteiger partial charge in [-0.25, -0.2) is 0 Å². The van der Waals surface area contributed by atoms with Gasteiger partial charge in [0.25, 0.3) is 5.91 Å². The average molecular weight is 320 g/mol. The smallest absolute Gasteiger partial charge is 0.252 e. The van der Waals surface area contributed by atoms with Gasteiger partial charge in [-0.2, -0.15) is 5.10 Å². The summed E-state index contributed by atoms with van der Waals surface area (Å²) in [5, 5.41) is 7.13. The largest absolute Gasteiger partial charge is 0.372 e. The number of aryl methyl sites for hydroxylation is 1. The van der Waals surface area contributed by atoms with Gasteiger partial charge >= 0.3 is 0 Å². The van der Waals surface area contributed by atoms with E-state index in [1.807, 2.05) is 17.8 Å². The third kappa shape index (κ3) is 3.72. The lowest BCUT2D eigenvalue weighted by Crippen LogP contribution is -2.43. The molecule has 1 saturated heterocycles. The standard InChI is InChI=1S/C16H24N4O3/c1-19-12(11-6-7-11)9-14(18-19)17-15(21)10-20-8-4-3-5-13(23-2)16(20)22/h9,11,13H,3-8,10H2,1-2H3,(H,17,18,21). The molecule has 0 radical (unpaired) electrons. The van der Waals surface area contributed by atoms with Crippen molar-refractivity contribution in [1.82, 2.24) is 14.7 Å². The van der Waals surface area contributed by atoms with Crippen LogP contribution in [0.15, 0.2) is 6.07 Å². The van der Waals surface area contributed by atoms with Crippen LogP contribution < -0.4 is 5.32 Å². The Morgan fingerprint density at radius 1 is 1.39 bits per heavy atom. The van der Waals surface area contributed by atoms with E-state index in [1.54, 1.807) is 12.0 Å². The summed E-state index contributed by atoms with van der Waals surface area (Å²) in [6, 6.07) is 1.93. The van der Waals surface area contributed by atoms with Crippen molar-refractivity contribution >= 4 is 17.6 Å². The highest BCUT2D eigenvalue weighted by atomic mass is 16.5. The lowest BCUT2D eigenvalue weighted by molar-refractivity contribution is -0.143. The van der Waals surface area contributed by atoms with Gasteiger partial charge in [0.2, 0.25) is 5.91 Å². The van der Waals surface area contributed by atoms with E-state index in [4.69, 9.17) is 4.74 Å². The predicted octanol–water partition coefficient (Wildman–Crippen LogP) is 1.26. The van der Waals surface area contributed by atoms with E-state index in [2.05, 4.69) is 10.4 Å². The number of nitrogens with zero attached hydrogens (tertiary/aromatic N) is 3. The van der Waals surface area contributed by atoms with Crippen molar-refractivity contribution in [2.45, 2.75) is 44.1 Å². The number of carbonyl (C=O) groups excluding carboxylic acids is 2. The molecule has 126 valence electrons. The van der Waals surface area contributed by atoms with Crippen LogP contribution in [0.2, 0.25) is 0 Å². The maximum Gasteiger partial charge on any atom is 0.252 e. The summed E-state index contributed by atoms with van der Waals surface area (Å²) in [7, 11) is 3.43. The van der Waals surface area contributed by atoms with Crippen LogP contribution >= 0.6 is 0 Å². The average Bonchev–Trinajstić information content (AvgIpc) is 3.30. The number of carbonyl (C=O) groups is 2. The van der Waals surface area contributed by atoms with Crippen molar-refractivity contribution in [2.24, 2.45) is 7.05 Å². The summed E-state index contributed by atoms with van der Waals surface area (Å²) < 4.78 is 7.05. The number of anilines is 1. The Balaban J connectivity index is 1.59. The zero-order chi connectivity index (χ0) is 16.4. The number of likely N-dealkylation sites (tertiary alicyclic amines) is 1. The van der Waals surface area contributed by atoms with E-state index < -0.39 is 6.10 Å². The molecule has 1 saturated carbocycles. The Morgan fingerprint density at radius 2 is 2.17 bits per heavy atom. The molecule has 1 aromatic rings. The zero-order valence-electron chi connectivity index (χ0n) is 13.7. The predicted molar refractivity (Wildman–Crippen MR) is 85.0 cm³/mol. The molecule has 7 nitrogen and oxygen atoms in total. The van der Waals surface area contributed by atoms with Crippen LogP contribution in [0.4, 0.5) is 5.82 Å². The molecule has 2 heterocycles. The summed E-state index contributed by atoms with van der Waals surface area (Å²) in [5.74, 6) is 0.827. The first-order valence-corrected chi connectivity index (χ1v) is 8.24. The van der Waals surface area contributed by atoms with Crippen LogP contribution in [-0.2, 0) is 21.4 Å². The van der Waals surface area contributed by atoms with Gasteiger partial charge < -0.3 is 15.0 Å². The van der Waals surface area contributed by atoms with Crippen LogP contribution in [0.3, 0.4) is 0 Å². The minimum atomic E-state index is -0.429. The van der Waals surface area contributed by atoms with Crippen molar-refractivity contribution in [3.63, 3.8) is 0 Å². The van der Waals surface area contributed by atoms with Crippen molar-refractivity contribution < 1.29 is 14.3 Å². The summed E-state index contributed by atoms with van der Waals surface area (Å²) in [6.07, 6.45) is 4.50. The second kappa shape index (κ2) is 6.70. The molecule has 1 aliphatic heterocycles. The highest BCUT2D eigenvalue weighted by Crippen LogP contribution is 2.40. The fraction of sp³-hybridized carbons (Fsp3) is 0.688. The number of hydrogen-bond acceptors (Lipinski definition) is 4. The molecule has 0 spiro atoms. The van der Waals surface area contributed by atoms with E-state index in [0.717, 1.165) is 25.0 Å². The topological polar surface area (TPSA) is 76.5 Å². The fourth-order valence-corrected chi connectivity index (χ4v) is 3.11. The summed E-state index contributed by atoms with van der Waals surface area (Å²) in [4.78, 5) is 26.2. The molecule has 2 amide bonds. The van der Waals surface area contributed by atoms with Crippen molar-refractivity contribution in [3.8, 4) is 0 Å². The van der Waals surface area contributed by atoms with Gasteiger partial charge in [-0.15, -0.1) is 0 Å². The van der Waals surface area contributed by atoms with Crippen LogP contribution in [0, 0.1) is 0 Å². The lowest BCUT2D eigenvalue weighted by atomic mass is 10.2. The van der Waals surface area contributed by atoms with Gasteiger partial charge in [0.05, 0.1) is 6.54 Å². The fourth-order valence-electron chi connectivity index (χ4n) is 3.11. The third-order valence-electron chi connectivity index (χ3n) is 4.53. The van der Waals surface area contributed by atoms with E-state index in [0.29, 0.717) is 18.3 Å². The monoisotopic (exact) mass is 320 g/mol. The van der Waals surface area contributed by atoms with E-state index >= 15 is 0 Å². The summed E-state index contributed by atoms with van der Waals surface area (Å²) in [6.45, 7) is 0.648. The number of ether oxygens (including phenoxy) is 1.